The van der Waals surface area contributed by atoms with Crippen molar-refractivity contribution < 1.29 is 19.2 Å². The van der Waals surface area contributed by atoms with E-state index in [2.05, 4.69) is 15.9 Å². The molecule has 2 aromatic rings. The molecule has 2 aromatic carbocycles. The first-order valence-corrected chi connectivity index (χ1v) is 6.63. The highest BCUT2D eigenvalue weighted by atomic mass is 79.9. The predicted octanol–water partition coefficient (Wildman–Crippen LogP) is 2.42. The van der Waals surface area contributed by atoms with Crippen molar-refractivity contribution in [2.24, 2.45) is 0 Å². The van der Waals surface area contributed by atoms with Gasteiger partial charge in [-0.15, -0.1) is 0 Å². The maximum Gasteiger partial charge on any atom is 0.488 e. The van der Waals surface area contributed by atoms with Crippen LogP contribution in [0.15, 0.2) is 46.9 Å². The Hall–Kier alpha value is -1.21. The van der Waals surface area contributed by atoms with Gasteiger partial charge in [-0.3, -0.25) is 4.79 Å². The second-order valence-electron chi connectivity index (χ2n) is 3.72. The van der Waals surface area contributed by atoms with E-state index in [9.17, 15) is 9.18 Å². The molecule has 104 valence electrons. The van der Waals surface area contributed by atoms with Crippen LogP contribution < -0.4 is 5.46 Å². The van der Waals surface area contributed by atoms with Crippen LogP contribution in [0.4, 0.5) is 4.39 Å². The monoisotopic (exact) mass is 358 g/mol. The van der Waals surface area contributed by atoms with E-state index in [1.807, 2.05) is 12.1 Å². The minimum atomic E-state index is -1.60. The second-order valence-corrected chi connectivity index (χ2v) is 5.04. The van der Waals surface area contributed by atoms with E-state index in [1.165, 1.54) is 12.1 Å². The van der Waals surface area contributed by atoms with Gasteiger partial charge in [-0.1, -0.05) is 45.7 Å². The SMILES string of the molecule is O=Cc1ccc(Br)cc1.OB(O)c1ccc(F)c(Cl)c1. The van der Waals surface area contributed by atoms with Gasteiger partial charge in [0.05, 0.1) is 5.02 Å². The minimum absolute atomic E-state index is 0.115. The molecule has 7 heteroatoms. The summed E-state index contributed by atoms with van der Waals surface area (Å²) in [6.45, 7) is 0. The summed E-state index contributed by atoms with van der Waals surface area (Å²) in [6, 6.07) is 10.7. The summed E-state index contributed by atoms with van der Waals surface area (Å²) in [7, 11) is -1.60. The van der Waals surface area contributed by atoms with Gasteiger partial charge in [0.15, 0.2) is 0 Å². The Bertz CT molecular complexity index is 578. The van der Waals surface area contributed by atoms with Gasteiger partial charge in [0.25, 0.3) is 0 Å². The van der Waals surface area contributed by atoms with E-state index in [0.717, 1.165) is 16.8 Å². The third-order valence-corrected chi connectivity index (χ3v) is 3.07. The van der Waals surface area contributed by atoms with Gasteiger partial charge in [0, 0.05) is 10.0 Å². The lowest BCUT2D eigenvalue weighted by Gasteiger charge is -1.99. The quantitative estimate of drug-likeness (QED) is 0.640. The average Bonchev–Trinajstić information content (AvgIpc) is 2.43. The number of aldehydes is 1. The summed E-state index contributed by atoms with van der Waals surface area (Å²) in [5.74, 6) is -0.573. The van der Waals surface area contributed by atoms with E-state index in [0.29, 0.717) is 5.56 Å². The van der Waals surface area contributed by atoms with Crippen LogP contribution in [0.3, 0.4) is 0 Å². The molecule has 0 fully saturated rings. The van der Waals surface area contributed by atoms with E-state index in [-0.39, 0.29) is 10.5 Å². The number of benzene rings is 2. The lowest BCUT2D eigenvalue weighted by atomic mass is 9.80. The van der Waals surface area contributed by atoms with E-state index in [4.69, 9.17) is 21.6 Å². The first kappa shape index (κ1) is 16.8. The molecule has 0 aliphatic carbocycles. The molecule has 3 nitrogen and oxygen atoms in total. The van der Waals surface area contributed by atoms with Crippen molar-refractivity contribution in [2.45, 2.75) is 0 Å². The first-order valence-electron chi connectivity index (χ1n) is 5.46. The Kier molecular flexibility index (Phi) is 6.88. The standard InChI is InChI=1S/C7H5BrO.C6H5BClFO2/c8-7-3-1-6(5-9)2-4-7;8-5-3-4(7(10)11)1-2-6(5)9/h1-5H;1-3,10-11H. The summed E-state index contributed by atoms with van der Waals surface area (Å²) in [6.07, 6.45) is 0.826. The van der Waals surface area contributed by atoms with Crippen LogP contribution in [0.25, 0.3) is 0 Å². The zero-order valence-electron chi connectivity index (χ0n) is 10.1. The second kappa shape index (κ2) is 8.16. The molecule has 0 aliphatic heterocycles. The van der Waals surface area contributed by atoms with Crippen molar-refractivity contribution >= 4 is 46.4 Å². The topological polar surface area (TPSA) is 57.5 Å². The molecule has 0 spiro atoms. The average molecular weight is 359 g/mol. The maximum atomic E-state index is 12.5. The molecule has 2 N–H and O–H groups in total. The zero-order chi connectivity index (χ0) is 15.1. The summed E-state index contributed by atoms with van der Waals surface area (Å²) < 4.78 is 13.5. The molecule has 0 atom stereocenters. The first-order chi connectivity index (χ1) is 9.43. The summed E-state index contributed by atoms with van der Waals surface area (Å²) in [5.41, 5.74) is 0.884. The number of carbonyl (C=O) groups is 1. The number of rotatable bonds is 2. The molecule has 0 bridgehead atoms. The van der Waals surface area contributed by atoms with Crippen molar-refractivity contribution in [2.75, 3.05) is 0 Å². The molecule has 0 saturated heterocycles. The van der Waals surface area contributed by atoms with Crippen LogP contribution in [-0.2, 0) is 0 Å². The molecule has 0 radical (unpaired) electrons. The van der Waals surface area contributed by atoms with E-state index >= 15 is 0 Å². The third-order valence-electron chi connectivity index (χ3n) is 2.25. The fraction of sp³-hybridized carbons (Fsp3) is 0. The van der Waals surface area contributed by atoms with Crippen LogP contribution in [0.5, 0.6) is 0 Å². The zero-order valence-corrected chi connectivity index (χ0v) is 12.5. The Morgan fingerprint density at radius 1 is 1.15 bits per heavy atom. The fourth-order valence-electron chi connectivity index (χ4n) is 1.21. The van der Waals surface area contributed by atoms with Crippen LogP contribution in [0.1, 0.15) is 10.4 Å². The van der Waals surface area contributed by atoms with Crippen molar-refractivity contribution in [1.82, 2.24) is 0 Å². The molecule has 0 unspecified atom stereocenters. The van der Waals surface area contributed by atoms with E-state index in [1.54, 1.807) is 12.1 Å². The number of hydrogen-bond acceptors (Lipinski definition) is 3. The third kappa shape index (κ3) is 5.42. The molecule has 0 aromatic heterocycles. The van der Waals surface area contributed by atoms with Crippen molar-refractivity contribution in [1.29, 1.82) is 0 Å². The van der Waals surface area contributed by atoms with Gasteiger partial charge in [-0.2, -0.15) is 0 Å². The van der Waals surface area contributed by atoms with E-state index < -0.39 is 12.9 Å². The Morgan fingerprint density at radius 3 is 2.20 bits per heavy atom. The summed E-state index contributed by atoms with van der Waals surface area (Å²) in [4.78, 5) is 10.1. The van der Waals surface area contributed by atoms with Gasteiger partial charge in [0.1, 0.15) is 12.1 Å². The van der Waals surface area contributed by atoms with Crippen LogP contribution >= 0.6 is 27.5 Å². The van der Waals surface area contributed by atoms with Gasteiger partial charge in [-0.25, -0.2) is 4.39 Å². The molecule has 20 heavy (non-hydrogen) atoms. The molecule has 0 amide bonds. The smallest absolute Gasteiger partial charge is 0.423 e. The largest absolute Gasteiger partial charge is 0.488 e. The van der Waals surface area contributed by atoms with Crippen molar-refractivity contribution in [3.63, 3.8) is 0 Å². The number of halogens is 3. The lowest BCUT2D eigenvalue weighted by Crippen LogP contribution is -2.29. The van der Waals surface area contributed by atoms with Crippen molar-refractivity contribution in [3.05, 3.63) is 63.3 Å². The summed E-state index contributed by atoms with van der Waals surface area (Å²) >= 11 is 8.62. The fourth-order valence-corrected chi connectivity index (χ4v) is 1.67. The van der Waals surface area contributed by atoms with Gasteiger partial charge in [0.2, 0.25) is 0 Å². The summed E-state index contributed by atoms with van der Waals surface area (Å²) in [5, 5.41) is 17.1. The molecule has 0 aliphatic rings. The van der Waals surface area contributed by atoms with Crippen LogP contribution in [-0.4, -0.2) is 23.5 Å². The Morgan fingerprint density at radius 2 is 1.75 bits per heavy atom. The van der Waals surface area contributed by atoms with Gasteiger partial charge in [-0.05, 0) is 29.7 Å². The Balaban J connectivity index is 0.000000204. The number of carbonyl (C=O) groups excluding carboxylic acids is 1. The lowest BCUT2D eigenvalue weighted by molar-refractivity contribution is 0.112. The molecular formula is C13H10BBrClFO3. The highest BCUT2D eigenvalue weighted by Crippen LogP contribution is 2.11. The van der Waals surface area contributed by atoms with Crippen LogP contribution in [0, 0.1) is 5.82 Å². The molecule has 2 rings (SSSR count). The van der Waals surface area contributed by atoms with Gasteiger partial charge < -0.3 is 10.0 Å². The molecular weight excluding hydrogens is 349 g/mol. The van der Waals surface area contributed by atoms with Crippen molar-refractivity contribution in [3.8, 4) is 0 Å². The molecule has 0 saturated carbocycles. The van der Waals surface area contributed by atoms with Crippen LogP contribution in [0.2, 0.25) is 5.02 Å². The maximum absolute atomic E-state index is 12.5. The normalized spacial score (nSPS) is 9.45. The Labute approximate surface area is 129 Å². The van der Waals surface area contributed by atoms with Gasteiger partial charge >= 0.3 is 7.12 Å². The highest BCUT2D eigenvalue weighted by molar-refractivity contribution is 9.10. The molecule has 0 heterocycles. The highest BCUT2D eigenvalue weighted by Gasteiger charge is 2.11. The minimum Gasteiger partial charge on any atom is -0.423 e. The predicted molar refractivity (Wildman–Crippen MR) is 80.8 cm³/mol. The number of hydrogen-bond donors (Lipinski definition) is 2.